The summed E-state index contributed by atoms with van der Waals surface area (Å²) in [6.45, 7) is -0.211. The summed E-state index contributed by atoms with van der Waals surface area (Å²) in [5.41, 5.74) is 0.904. The summed E-state index contributed by atoms with van der Waals surface area (Å²) < 4.78 is 12.9. The van der Waals surface area contributed by atoms with Crippen LogP contribution in [0, 0.1) is 0 Å². The molecule has 5 atom stereocenters. The van der Waals surface area contributed by atoms with Crippen LogP contribution in [0.25, 0.3) is 0 Å². The van der Waals surface area contributed by atoms with Crippen LogP contribution in [-0.4, -0.2) is 62.2 Å². The highest BCUT2D eigenvalue weighted by molar-refractivity contribution is 7.81. The highest BCUT2D eigenvalue weighted by Gasteiger charge is 2.48. The molecule has 6 N–H and O–H groups in total. The standard InChI is InChI=1S/C13H17NO8S/c15-4-5-1-2-7(6(3-5)14-23)21-13-10(18)8(16)9(17)11(22-13)12(19)20/h1-3,8-11,13-18,23H,4H2,(H,19,20). The van der Waals surface area contributed by atoms with Gasteiger partial charge in [-0.25, -0.2) is 4.79 Å². The summed E-state index contributed by atoms with van der Waals surface area (Å²) in [5.74, 6) is -1.35. The van der Waals surface area contributed by atoms with Gasteiger partial charge in [-0.15, -0.1) is 0 Å². The van der Waals surface area contributed by atoms with Gasteiger partial charge in [0.1, 0.15) is 24.1 Å². The van der Waals surface area contributed by atoms with Crippen molar-refractivity contribution in [1.82, 2.24) is 0 Å². The molecule has 0 bridgehead atoms. The largest absolute Gasteiger partial charge is 0.479 e. The number of hydrogen-bond donors (Lipinski definition) is 7. The molecule has 1 fully saturated rings. The van der Waals surface area contributed by atoms with E-state index in [2.05, 4.69) is 17.5 Å². The first-order valence-electron chi connectivity index (χ1n) is 6.62. The summed E-state index contributed by atoms with van der Waals surface area (Å²) in [6, 6.07) is 4.52. The minimum Gasteiger partial charge on any atom is -0.479 e. The molecule has 0 spiro atoms. The number of ether oxygens (including phenoxy) is 2. The lowest BCUT2D eigenvalue weighted by Gasteiger charge is -2.38. The summed E-state index contributed by atoms with van der Waals surface area (Å²) in [7, 11) is 0. The van der Waals surface area contributed by atoms with Crippen LogP contribution in [0.5, 0.6) is 5.75 Å². The van der Waals surface area contributed by atoms with E-state index in [0.717, 1.165) is 0 Å². The van der Waals surface area contributed by atoms with E-state index in [9.17, 15) is 20.1 Å². The van der Waals surface area contributed by atoms with E-state index in [1.54, 1.807) is 6.07 Å². The van der Waals surface area contributed by atoms with Gasteiger partial charge in [0.15, 0.2) is 6.10 Å². The van der Waals surface area contributed by atoms with Crippen molar-refractivity contribution in [3.63, 3.8) is 0 Å². The Bertz CT molecular complexity index is 571. The van der Waals surface area contributed by atoms with E-state index in [0.29, 0.717) is 11.3 Å². The normalized spacial score (nSPS) is 30.7. The lowest BCUT2D eigenvalue weighted by atomic mass is 9.99. The molecular formula is C13H17NO8S. The lowest BCUT2D eigenvalue weighted by Crippen LogP contribution is -2.61. The minimum atomic E-state index is -1.79. The monoisotopic (exact) mass is 347 g/mol. The van der Waals surface area contributed by atoms with Crippen LogP contribution in [0.3, 0.4) is 0 Å². The quantitative estimate of drug-likeness (QED) is 0.323. The van der Waals surface area contributed by atoms with Crippen LogP contribution in [0.1, 0.15) is 5.56 Å². The van der Waals surface area contributed by atoms with Gasteiger partial charge in [-0.2, -0.15) is 0 Å². The van der Waals surface area contributed by atoms with Gasteiger partial charge in [-0.3, -0.25) is 0 Å². The van der Waals surface area contributed by atoms with Gasteiger partial charge in [-0.1, -0.05) is 18.9 Å². The van der Waals surface area contributed by atoms with E-state index in [1.165, 1.54) is 12.1 Å². The van der Waals surface area contributed by atoms with Gasteiger partial charge in [0.05, 0.1) is 12.3 Å². The Morgan fingerprint density at radius 2 is 1.96 bits per heavy atom. The van der Waals surface area contributed by atoms with Crippen molar-refractivity contribution >= 4 is 24.5 Å². The number of thiol groups is 1. The Hall–Kier alpha value is -1.56. The maximum Gasteiger partial charge on any atom is 0.335 e. The summed E-state index contributed by atoms with van der Waals surface area (Å²) in [5, 5.41) is 47.3. The number of carbonyl (C=O) groups is 1. The average Bonchev–Trinajstić information content (AvgIpc) is 2.55. The molecule has 0 saturated carbocycles. The fourth-order valence-corrected chi connectivity index (χ4v) is 2.31. The van der Waals surface area contributed by atoms with E-state index in [1.807, 2.05) is 0 Å². The minimum absolute atomic E-state index is 0.147. The van der Waals surface area contributed by atoms with Crippen molar-refractivity contribution in [2.75, 3.05) is 4.72 Å². The van der Waals surface area contributed by atoms with E-state index in [-0.39, 0.29) is 12.4 Å². The molecule has 1 aliphatic rings. The number of nitrogens with one attached hydrogen (secondary N) is 1. The smallest absolute Gasteiger partial charge is 0.335 e. The molecule has 9 nitrogen and oxygen atoms in total. The number of aliphatic hydroxyl groups is 4. The van der Waals surface area contributed by atoms with Crippen molar-refractivity contribution in [1.29, 1.82) is 0 Å². The third-order valence-corrected chi connectivity index (χ3v) is 3.64. The third kappa shape index (κ3) is 3.68. The molecule has 0 radical (unpaired) electrons. The molecule has 0 amide bonds. The zero-order valence-corrected chi connectivity index (χ0v) is 12.6. The Morgan fingerprint density at radius 3 is 2.52 bits per heavy atom. The van der Waals surface area contributed by atoms with Crippen molar-refractivity contribution < 1.29 is 39.8 Å². The van der Waals surface area contributed by atoms with Gasteiger partial charge in [0.25, 0.3) is 0 Å². The van der Waals surface area contributed by atoms with Crippen molar-refractivity contribution in [2.45, 2.75) is 37.3 Å². The highest BCUT2D eigenvalue weighted by Crippen LogP contribution is 2.31. The first-order valence-corrected chi connectivity index (χ1v) is 7.06. The van der Waals surface area contributed by atoms with Crippen molar-refractivity contribution in [2.24, 2.45) is 0 Å². The highest BCUT2D eigenvalue weighted by atomic mass is 32.1. The number of aliphatic carboxylic acids is 1. The number of anilines is 1. The van der Waals surface area contributed by atoms with Crippen LogP contribution < -0.4 is 9.46 Å². The van der Waals surface area contributed by atoms with Gasteiger partial charge >= 0.3 is 5.97 Å². The number of aliphatic hydroxyl groups excluding tert-OH is 4. The molecular weight excluding hydrogens is 330 g/mol. The predicted octanol–water partition coefficient (Wildman–Crippen LogP) is -1.29. The van der Waals surface area contributed by atoms with Crippen LogP contribution in [0.15, 0.2) is 18.2 Å². The maximum absolute atomic E-state index is 11.0. The second-order valence-electron chi connectivity index (χ2n) is 4.95. The molecule has 1 saturated heterocycles. The van der Waals surface area contributed by atoms with Crippen molar-refractivity contribution in [3.05, 3.63) is 23.8 Å². The molecule has 1 aliphatic heterocycles. The molecule has 1 heterocycles. The van der Waals surface area contributed by atoms with Crippen LogP contribution in [-0.2, 0) is 16.1 Å². The SMILES string of the molecule is O=C(O)C1OC(Oc2ccc(CO)cc2NS)C(O)C(O)C1O. The number of carboxylic acid groups (broad SMARTS) is 1. The number of benzene rings is 1. The maximum atomic E-state index is 11.0. The van der Waals surface area contributed by atoms with Crippen LogP contribution in [0.2, 0.25) is 0 Å². The van der Waals surface area contributed by atoms with Crippen LogP contribution >= 0.6 is 12.8 Å². The molecule has 1 aromatic carbocycles. The number of hydrogen-bond acceptors (Lipinski definition) is 9. The molecule has 1 aromatic rings. The Morgan fingerprint density at radius 1 is 1.26 bits per heavy atom. The second kappa shape index (κ2) is 7.34. The summed E-state index contributed by atoms with van der Waals surface area (Å²) in [4.78, 5) is 11.0. The van der Waals surface area contributed by atoms with E-state index in [4.69, 9.17) is 19.7 Å². The van der Waals surface area contributed by atoms with Gasteiger partial charge in [-0.05, 0) is 17.7 Å². The molecule has 5 unspecified atom stereocenters. The Kier molecular flexibility index (Phi) is 5.68. The molecule has 0 aromatic heterocycles. The Balaban J connectivity index is 2.22. The lowest BCUT2D eigenvalue weighted by molar-refractivity contribution is -0.271. The van der Waals surface area contributed by atoms with Gasteiger partial charge < -0.3 is 39.7 Å². The summed E-state index contributed by atoms with van der Waals surface area (Å²) >= 11 is 3.89. The van der Waals surface area contributed by atoms with Gasteiger partial charge in [0, 0.05) is 0 Å². The Labute approximate surface area is 136 Å². The van der Waals surface area contributed by atoms with Crippen LogP contribution in [0.4, 0.5) is 5.69 Å². The fraction of sp³-hybridized carbons (Fsp3) is 0.462. The number of rotatable bonds is 5. The molecule has 23 heavy (non-hydrogen) atoms. The molecule has 128 valence electrons. The third-order valence-electron chi connectivity index (χ3n) is 3.40. The van der Waals surface area contributed by atoms with Crippen molar-refractivity contribution in [3.8, 4) is 5.75 Å². The van der Waals surface area contributed by atoms with E-state index < -0.39 is 36.7 Å². The predicted molar refractivity (Wildman–Crippen MR) is 79.9 cm³/mol. The number of carboxylic acids is 1. The molecule has 0 aliphatic carbocycles. The first-order chi connectivity index (χ1) is 10.9. The van der Waals surface area contributed by atoms with E-state index >= 15 is 0 Å². The fourth-order valence-electron chi connectivity index (χ4n) is 2.14. The first kappa shape index (κ1) is 17.8. The average molecular weight is 347 g/mol. The van der Waals surface area contributed by atoms with Gasteiger partial charge in [0.2, 0.25) is 6.29 Å². The topological polar surface area (TPSA) is 149 Å². The zero-order chi connectivity index (χ0) is 17.1. The zero-order valence-electron chi connectivity index (χ0n) is 11.7. The molecule has 2 rings (SSSR count). The second-order valence-corrected chi connectivity index (χ2v) is 5.18. The summed E-state index contributed by atoms with van der Waals surface area (Å²) in [6.07, 6.45) is -8.47. The molecule has 10 heteroatoms.